The fourth-order valence-electron chi connectivity index (χ4n) is 4.02. The van der Waals surface area contributed by atoms with Crippen molar-refractivity contribution in [3.63, 3.8) is 0 Å². The summed E-state index contributed by atoms with van der Waals surface area (Å²) in [7, 11) is 0. The first-order valence-corrected chi connectivity index (χ1v) is 8.30. The fraction of sp³-hybridized carbons (Fsp3) is 0.611. The number of piperidine rings is 1. The molecule has 0 aromatic heterocycles. The van der Waals surface area contributed by atoms with Gasteiger partial charge in [-0.15, -0.1) is 0 Å². The highest BCUT2D eigenvalue weighted by atomic mass is 16.2. The van der Waals surface area contributed by atoms with E-state index in [1.165, 1.54) is 38.5 Å². The van der Waals surface area contributed by atoms with E-state index in [1.807, 2.05) is 24.3 Å². The first-order chi connectivity index (χ1) is 10.2. The van der Waals surface area contributed by atoms with Crippen LogP contribution in [0.5, 0.6) is 0 Å². The number of hydrogen-bond acceptors (Lipinski definition) is 2. The molecule has 21 heavy (non-hydrogen) atoms. The molecule has 0 unspecified atom stereocenters. The first kappa shape index (κ1) is 14.4. The second-order valence-electron chi connectivity index (χ2n) is 6.79. The number of benzene rings is 1. The minimum atomic E-state index is 0.297. The van der Waals surface area contributed by atoms with E-state index in [1.54, 1.807) is 0 Å². The molecular weight excluding hydrogens is 260 g/mol. The van der Waals surface area contributed by atoms with Gasteiger partial charge in [-0.2, -0.15) is 0 Å². The number of carbonyl (C=O) groups is 1. The van der Waals surface area contributed by atoms with Gasteiger partial charge in [-0.25, -0.2) is 0 Å². The number of carbonyl (C=O) groups excluding carboxylic acids is 1. The Morgan fingerprint density at radius 1 is 1.10 bits per heavy atom. The Morgan fingerprint density at radius 3 is 2.43 bits per heavy atom. The average molecular weight is 286 g/mol. The average Bonchev–Trinajstić information content (AvgIpc) is 2.95. The van der Waals surface area contributed by atoms with E-state index in [0.29, 0.717) is 17.7 Å². The van der Waals surface area contributed by atoms with E-state index >= 15 is 0 Å². The molecule has 3 heteroatoms. The summed E-state index contributed by atoms with van der Waals surface area (Å²) in [6.07, 6.45) is 9.32. The highest BCUT2D eigenvalue weighted by molar-refractivity contribution is 5.76. The second-order valence-corrected chi connectivity index (χ2v) is 6.79. The van der Waals surface area contributed by atoms with Crippen molar-refractivity contribution in [3.8, 4) is 0 Å². The van der Waals surface area contributed by atoms with Crippen molar-refractivity contribution in [1.82, 2.24) is 4.90 Å². The van der Waals surface area contributed by atoms with Crippen LogP contribution in [0.15, 0.2) is 24.3 Å². The number of anilines is 1. The number of nitrogens with zero attached hydrogens (tertiary/aromatic N) is 1. The van der Waals surface area contributed by atoms with Gasteiger partial charge < -0.3 is 10.6 Å². The summed E-state index contributed by atoms with van der Waals surface area (Å²) < 4.78 is 0. The van der Waals surface area contributed by atoms with Crippen LogP contribution in [0.1, 0.15) is 50.5 Å². The molecule has 3 rings (SSSR count). The molecule has 1 heterocycles. The smallest absolute Gasteiger partial charge is 0.222 e. The van der Waals surface area contributed by atoms with Crippen molar-refractivity contribution in [2.45, 2.75) is 51.4 Å². The summed E-state index contributed by atoms with van der Waals surface area (Å²) in [6, 6.07) is 7.85. The van der Waals surface area contributed by atoms with Gasteiger partial charge in [0, 0.05) is 25.2 Å². The Labute approximate surface area is 127 Å². The van der Waals surface area contributed by atoms with Crippen LogP contribution in [0.3, 0.4) is 0 Å². The topological polar surface area (TPSA) is 46.3 Å². The number of nitrogen functional groups attached to an aromatic ring is 1. The zero-order valence-electron chi connectivity index (χ0n) is 12.8. The number of nitrogens with two attached hydrogens (primary N) is 1. The molecule has 0 atom stereocenters. The van der Waals surface area contributed by atoms with Gasteiger partial charge in [0.1, 0.15) is 0 Å². The fourth-order valence-corrected chi connectivity index (χ4v) is 4.02. The van der Waals surface area contributed by atoms with Crippen LogP contribution in [0.4, 0.5) is 5.69 Å². The first-order valence-electron chi connectivity index (χ1n) is 8.30. The summed E-state index contributed by atoms with van der Waals surface area (Å²) in [4.78, 5) is 14.4. The van der Waals surface area contributed by atoms with E-state index in [0.717, 1.165) is 30.8 Å². The molecule has 1 aromatic carbocycles. The van der Waals surface area contributed by atoms with Crippen molar-refractivity contribution in [3.05, 3.63) is 29.8 Å². The molecule has 0 bridgehead atoms. The predicted octanol–water partition coefficient (Wildman–Crippen LogP) is 3.38. The third-order valence-electron chi connectivity index (χ3n) is 5.50. The molecule has 1 saturated heterocycles. The van der Waals surface area contributed by atoms with Crippen molar-refractivity contribution in [2.75, 3.05) is 18.8 Å². The standard InChI is InChI=1S/C18H26N2O/c19-16-6-2-1-5-15(16)7-8-17(21)20-13-11-18(12-14-20)9-3-4-10-18/h1-2,5-6H,3-4,7-14,19H2. The van der Waals surface area contributed by atoms with Gasteiger partial charge in [-0.05, 0) is 49.1 Å². The minimum Gasteiger partial charge on any atom is -0.399 e. The molecule has 2 aliphatic rings. The molecule has 1 amide bonds. The summed E-state index contributed by atoms with van der Waals surface area (Å²) in [5.41, 5.74) is 8.42. The van der Waals surface area contributed by atoms with Crippen LogP contribution in [0.25, 0.3) is 0 Å². The van der Waals surface area contributed by atoms with Crippen LogP contribution in [0, 0.1) is 5.41 Å². The maximum atomic E-state index is 12.4. The van der Waals surface area contributed by atoms with E-state index in [2.05, 4.69) is 4.90 Å². The molecule has 2 N–H and O–H groups in total. The van der Waals surface area contributed by atoms with Gasteiger partial charge in [0.25, 0.3) is 0 Å². The van der Waals surface area contributed by atoms with Crippen molar-refractivity contribution >= 4 is 11.6 Å². The second kappa shape index (κ2) is 6.08. The zero-order valence-corrected chi connectivity index (χ0v) is 12.8. The maximum Gasteiger partial charge on any atom is 0.222 e. The molecule has 1 aliphatic carbocycles. The van der Waals surface area contributed by atoms with Crippen molar-refractivity contribution in [2.24, 2.45) is 5.41 Å². The maximum absolute atomic E-state index is 12.4. The molecule has 0 radical (unpaired) electrons. The number of para-hydroxylation sites is 1. The molecule has 3 nitrogen and oxygen atoms in total. The summed E-state index contributed by atoms with van der Waals surface area (Å²) in [5.74, 6) is 0.297. The van der Waals surface area contributed by atoms with E-state index in [-0.39, 0.29) is 0 Å². The van der Waals surface area contributed by atoms with E-state index in [9.17, 15) is 4.79 Å². The zero-order chi connectivity index (χ0) is 14.7. The van der Waals surface area contributed by atoms with Crippen molar-refractivity contribution in [1.29, 1.82) is 0 Å². The van der Waals surface area contributed by atoms with Gasteiger partial charge in [0.15, 0.2) is 0 Å². The quantitative estimate of drug-likeness (QED) is 0.866. The van der Waals surface area contributed by atoms with Crippen LogP contribution >= 0.6 is 0 Å². The number of rotatable bonds is 3. The van der Waals surface area contributed by atoms with Gasteiger partial charge in [0.05, 0.1) is 0 Å². The highest BCUT2D eigenvalue weighted by Gasteiger charge is 2.37. The number of likely N-dealkylation sites (tertiary alicyclic amines) is 1. The normalized spacial score (nSPS) is 20.9. The Kier molecular flexibility index (Phi) is 4.18. The van der Waals surface area contributed by atoms with E-state index in [4.69, 9.17) is 5.73 Å². The van der Waals surface area contributed by atoms with E-state index < -0.39 is 0 Å². The summed E-state index contributed by atoms with van der Waals surface area (Å²) in [6.45, 7) is 1.92. The van der Waals surface area contributed by atoms with Gasteiger partial charge in [-0.1, -0.05) is 31.0 Å². The van der Waals surface area contributed by atoms with Gasteiger partial charge >= 0.3 is 0 Å². The lowest BCUT2D eigenvalue weighted by Gasteiger charge is -2.39. The molecule has 2 fully saturated rings. The largest absolute Gasteiger partial charge is 0.399 e. The van der Waals surface area contributed by atoms with Crippen LogP contribution in [-0.4, -0.2) is 23.9 Å². The lowest BCUT2D eigenvalue weighted by molar-refractivity contribution is -0.133. The minimum absolute atomic E-state index is 0.297. The highest BCUT2D eigenvalue weighted by Crippen LogP contribution is 2.46. The molecule has 114 valence electrons. The molecule has 1 aromatic rings. The molecule has 1 aliphatic heterocycles. The SMILES string of the molecule is Nc1ccccc1CCC(=O)N1CCC2(CCCC2)CC1. The van der Waals surface area contributed by atoms with Crippen LogP contribution < -0.4 is 5.73 Å². The van der Waals surface area contributed by atoms with Crippen LogP contribution in [-0.2, 0) is 11.2 Å². The third-order valence-corrected chi connectivity index (χ3v) is 5.50. The summed E-state index contributed by atoms with van der Waals surface area (Å²) >= 11 is 0. The van der Waals surface area contributed by atoms with Crippen LogP contribution in [0.2, 0.25) is 0 Å². The molecule has 1 spiro atoms. The Morgan fingerprint density at radius 2 is 1.76 bits per heavy atom. The lowest BCUT2D eigenvalue weighted by Crippen LogP contribution is -2.42. The Balaban J connectivity index is 1.49. The molecule has 1 saturated carbocycles. The monoisotopic (exact) mass is 286 g/mol. The predicted molar refractivity (Wildman–Crippen MR) is 85.9 cm³/mol. The Bertz CT molecular complexity index is 496. The summed E-state index contributed by atoms with van der Waals surface area (Å²) in [5, 5.41) is 0. The molecular formula is C18H26N2O. The number of amides is 1. The lowest BCUT2D eigenvalue weighted by atomic mass is 9.77. The van der Waals surface area contributed by atoms with Gasteiger partial charge in [0.2, 0.25) is 5.91 Å². The van der Waals surface area contributed by atoms with Crippen molar-refractivity contribution < 1.29 is 4.79 Å². The number of hydrogen-bond donors (Lipinski definition) is 1. The third kappa shape index (κ3) is 3.22. The number of aryl methyl sites for hydroxylation is 1. The Hall–Kier alpha value is -1.51. The van der Waals surface area contributed by atoms with Gasteiger partial charge in [-0.3, -0.25) is 4.79 Å².